The molecule has 2 nitrogen and oxygen atoms in total. The molecule has 0 fully saturated rings. The average Bonchev–Trinajstić information content (AvgIpc) is 2.89. The summed E-state index contributed by atoms with van der Waals surface area (Å²) >= 11 is 0. The lowest BCUT2D eigenvalue weighted by Gasteiger charge is -2.15. The van der Waals surface area contributed by atoms with Gasteiger partial charge in [0, 0.05) is 17.5 Å². The molecule has 218 valence electrons. The minimum atomic E-state index is 0.628. The second-order valence-electron chi connectivity index (χ2n) is 11.4. The Kier molecular flexibility index (Phi) is 32.4. The van der Waals surface area contributed by atoms with Crippen molar-refractivity contribution < 1.29 is 0 Å². The van der Waals surface area contributed by atoms with Crippen LogP contribution in [0.25, 0.3) is 0 Å². The third-order valence-corrected chi connectivity index (χ3v) is 10.2. The van der Waals surface area contributed by atoms with E-state index in [-0.39, 0.29) is 0 Å². The second-order valence-corrected chi connectivity index (χ2v) is 14.0. The van der Waals surface area contributed by atoms with Crippen LogP contribution in [0.4, 0.5) is 0 Å². The summed E-state index contributed by atoms with van der Waals surface area (Å²) in [5, 5.41) is 3.71. The SMILES string of the molecule is CCCCCCCCCCCCCCCCC(CN)CCSSCC(C)NCCCCCCCCC. The third-order valence-electron chi connectivity index (χ3n) is 7.58. The molecule has 0 saturated carbocycles. The zero-order valence-electron chi connectivity index (χ0n) is 25.1. The minimum Gasteiger partial charge on any atom is -0.330 e. The first kappa shape index (κ1) is 36.6. The number of hydrogen-bond acceptors (Lipinski definition) is 4. The summed E-state index contributed by atoms with van der Waals surface area (Å²) in [6, 6.07) is 0.628. The van der Waals surface area contributed by atoms with Crippen LogP contribution in [0.5, 0.6) is 0 Å². The predicted molar refractivity (Wildman–Crippen MR) is 172 cm³/mol. The van der Waals surface area contributed by atoms with Crippen molar-refractivity contribution in [3.05, 3.63) is 0 Å². The normalized spacial score (nSPS) is 13.3. The zero-order valence-corrected chi connectivity index (χ0v) is 26.8. The summed E-state index contributed by atoms with van der Waals surface area (Å²) in [5.41, 5.74) is 6.08. The highest BCUT2D eigenvalue weighted by atomic mass is 33.1. The summed E-state index contributed by atoms with van der Waals surface area (Å²) < 4.78 is 0. The molecule has 36 heavy (non-hydrogen) atoms. The Morgan fingerprint density at radius 3 is 1.47 bits per heavy atom. The lowest BCUT2D eigenvalue weighted by molar-refractivity contribution is 0.448. The molecule has 0 saturated heterocycles. The fourth-order valence-electron chi connectivity index (χ4n) is 4.92. The van der Waals surface area contributed by atoms with Gasteiger partial charge in [-0.15, -0.1) is 0 Å². The quantitative estimate of drug-likeness (QED) is 0.0672. The molecule has 0 aromatic heterocycles. The number of nitrogens with two attached hydrogens (primary N) is 1. The molecule has 3 N–H and O–H groups in total. The summed E-state index contributed by atoms with van der Waals surface area (Å²) in [4.78, 5) is 0. The molecule has 0 aliphatic heterocycles. The Morgan fingerprint density at radius 2 is 1.00 bits per heavy atom. The maximum absolute atomic E-state index is 6.08. The second kappa shape index (κ2) is 31.8. The number of hydrogen-bond donors (Lipinski definition) is 2. The summed E-state index contributed by atoms with van der Waals surface area (Å²) in [7, 11) is 4.12. The molecule has 2 atom stereocenters. The van der Waals surface area contributed by atoms with Gasteiger partial charge in [0.25, 0.3) is 0 Å². The summed E-state index contributed by atoms with van der Waals surface area (Å²) in [5.74, 6) is 3.21. The fourth-order valence-corrected chi connectivity index (χ4v) is 7.43. The Hall–Kier alpha value is 0.620. The van der Waals surface area contributed by atoms with Crippen LogP contribution in [0.3, 0.4) is 0 Å². The molecule has 0 aliphatic carbocycles. The van der Waals surface area contributed by atoms with Gasteiger partial charge in [-0.3, -0.25) is 0 Å². The van der Waals surface area contributed by atoms with Crippen LogP contribution >= 0.6 is 21.6 Å². The lowest BCUT2D eigenvalue weighted by Crippen LogP contribution is -2.28. The molecular weight excluding hydrogens is 477 g/mol. The van der Waals surface area contributed by atoms with Gasteiger partial charge in [0.1, 0.15) is 0 Å². The van der Waals surface area contributed by atoms with Gasteiger partial charge in [0.15, 0.2) is 0 Å². The average molecular weight is 545 g/mol. The van der Waals surface area contributed by atoms with Crippen molar-refractivity contribution in [2.24, 2.45) is 11.7 Å². The van der Waals surface area contributed by atoms with Gasteiger partial charge in [-0.2, -0.15) is 0 Å². The van der Waals surface area contributed by atoms with E-state index in [1.807, 2.05) is 0 Å². The largest absolute Gasteiger partial charge is 0.330 e. The molecule has 0 aromatic rings. The van der Waals surface area contributed by atoms with Crippen LogP contribution in [-0.4, -0.2) is 30.6 Å². The highest BCUT2D eigenvalue weighted by molar-refractivity contribution is 8.76. The van der Waals surface area contributed by atoms with Crippen LogP contribution in [0, 0.1) is 5.92 Å². The molecule has 0 rings (SSSR count). The van der Waals surface area contributed by atoms with Crippen molar-refractivity contribution in [2.75, 3.05) is 24.6 Å². The number of rotatable bonds is 31. The first-order valence-corrected chi connectivity index (χ1v) is 18.9. The van der Waals surface area contributed by atoms with Crippen LogP contribution in [0.15, 0.2) is 0 Å². The molecule has 0 aromatic carbocycles. The van der Waals surface area contributed by atoms with Crippen molar-refractivity contribution in [3.63, 3.8) is 0 Å². The fraction of sp³-hybridized carbons (Fsp3) is 1.00. The van der Waals surface area contributed by atoms with Crippen molar-refractivity contribution in [1.29, 1.82) is 0 Å². The first-order chi connectivity index (χ1) is 17.7. The molecule has 0 radical (unpaired) electrons. The van der Waals surface area contributed by atoms with Gasteiger partial charge in [-0.25, -0.2) is 0 Å². The predicted octanol–water partition coefficient (Wildman–Crippen LogP) is 10.9. The van der Waals surface area contributed by atoms with E-state index in [9.17, 15) is 0 Å². The maximum atomic E-state index is 6.08. The highest BCUT2D eigenvalue weighted by Gasteiger charge is 2.07. The Morgan fingerprint density at radius 1 is 0.556 bits per heavy atom. The van der Waals surface area contributed by atoms with Crippen LogP contribution < -0.4 is 11.1 Å². The highest BCUT2D eigenvalue weighted by Crippen LogP contribution is 2.26. The van der Waals surface area contributed by atoms with Crippen molar-refractivity contribution in [2.45, 2.75) is 174 Å². The molecule has 2 unspecified atom stereocenters. The van der Waals surface area contributed by atoms with E-state index in [1.165, 1.54) is 166 Å². The van der Waals surface area contributed by atoms with Gasteiger partial charge in [-0.05, 0) is 45.2 Å². The standard InChI is InChI=1S/C32H68N2S2/c1-4-6-8-10-12-13-14-15-16-17-18-19-21-23-25-32(29-33)26-28-35-36-30-31(3)34-27-24-22-20-11-9-7-5-2/h31-32,34H,4-30,33H2,1-3H3. The Labute approximate surface area is 237 Å². The maximum Gasteiger partial charge on any atom is 0.0188 e. The van der Waals surface area contributed by atoms with E-state index in [2.05, 4.69) is 47.7 Å². The Balaban J connectivity index is 3.37. The van der Waals surface area contributed by atoms with Crippen LogP contribution in [0.2, 0.25) is 0 Å². The lowest BCUT2D eigenvalue weighted by atomic mass is 9.98. The van der Waals surface area contributed by atoms with E-state index >= 15 is 0 Å². The molecule has 0 spiro atoms. The topological polar surface area (TPSA) is 38.0 Å². The van der Waals surface area contributed by atoms with E-state index in [0.29, 0.717) is 6.04 Å². The van der Waals surface area contributed by atoms with E-state index in [4.69, 9.17) is 5.73 Å². The smallest absolute Gasteiger partial charge is 0.0188 e. The van der Waals surface area contributed by atoms with E-state index < -0.39 is 0 Å². The number of nitrogens with one attached hydrogen (secondary N) is 1. The first-order valence-electron chi connectivity index (χ1n) is 16.4. The molecule has 4 heteroatoms. The minimum absolute atomic E-state index is 0.628. The van der Waals surface area contributed by atoms with Gasteiger partial charge in [0.2, 0.25) is 0 Å². The zero-order chi connectivity index (χ0) is 26.4. The van der Waals surface area contributed by atoms with Gasteiger partial charge >= 0.3 is 0 Å². The number of unbranched alkanes of at least 4 members (excludes halogenated alkanes) is 19. The molecule has 0 bridgehead atoms. The van der Waals surface area contributed by atoms with Gasteiger partial charge in [0.05, 0.1) is 0 Å². The van der Waals surface area contributed by atoms with Crippen molar-refractivity contribution in [1.82, 2.24) is 5.32 Å². The van der Waals surface area contributed by atoms with Crippen molar-refractivity contribution in [3.8, 4) is 0 Å². The third kappa shape index (κ3) is 29.2. The van der Waals surface area contributed by atoms with Crippen LogP contribution in [0.1, 0.15) is 168 Å². The molecule has 0 heterocycles. The van der Waals surface area contributed by atoms with E-state index in [0.717, 1.165) is 12.5 Å². The van der Waals surface area contributed by atoms with Gasteiger partial charge < -0.3 is 11.1 Å². The molecule has 0 amide bonds. The Bertz CT molecular complexity index is 394. The monoisotopic (exact) mass is 544 g/mol. The van der Waals surface area contributed by atoms with Crippen molar-refractivity contribution >= 4 is 21.6 Å². The van der Waals surface area contributed by atoms with E-state index in [1.54, 1.807) is 0 Å². The van der Waals surface area contributed by atoms with Crippen LogP contribution in [-0.2, 0) is 0 Å². The summed E-state index contributed by atoms with van der Waals surface area (Å²) in [6.07, 6.45) is 32.6. The molecular formula is C32H68N2S2. The van der Waals surface area contributed by atoms with Gasteiger partial charge in [-0.1, -0.05) is 164 Å². The molecule has 0 aliphatic rings. The summed E-state index contributed by atoms with van der Waals surface area (Å²) in [6.45, 7) is 9.00.